The summed E-state index contributed by atoms with van der Waals surface area (Å²) in [6, 6.07) is 15.8. The lowest BCUT2D eigenvalue weighted by Crippen LogP contribution is -2.22. The number of aromatic nitrogens is 1. The van der Waals surface area contributed by atoms with Crippen LogP contribution in [0.4, 0.5) is 5.69 Å². The minimum Gasteiger partial charge on any atom is -0.504 e. The average Bonchev–Trinajstić information content (AvgIpc) is 2.75. The molecule has 2 N–H and O–H groups in total. The van der Waals surface area contributed by atoms with Gasteiger partial charge in [0.1, 0.15) is 0 Å². The lowest BCUT2D eigenvalue weighted by atomic mass is 10.1. The highest BCUT2D eigenvalue weighted by Crippen LogP contribution is 2.33. The Hall–Kier alpha value is -2.95. The summed E-state index contributed by atoms with van der Waals surface area (Å²) in [6.45, 7) is 5.71. The fourth-order valence-corrected chi connectivity index (χ4v) is 3.47. The molecule has 0 unspecified atom stereocenters. The Kier molecular flexibility index (Phi) is 7.17. The van der Waals surface area contributed by atoms with Gasteiger partial charge in [-0.05, 0) is 37.1 Å². The van der Waals surface area contributed by atoms with Crippen LogP contribution in [0.3, 0.4) is 0 Å². The third-order valence-electron chi connectivity index (χ3n) is 5.10. The van der Waals surface area contributed by atoms with Gasteiger partial charge in [0.05, 0.1) is 12.1 Å². The predicted molar refractivity (Wildman–Crippen MR) is 119 cm³/mol. The summed E-state index contributed by atoms with van der Waals surface area (Å²) in [5.74, 6) is -0.0133. The van der Waals surface area contributed by atoms with Crippen LogP contribution in [-0.2, 0) is 13.1 Å². The number of aryl methyl sites for hydroxylation is 1. The van der Waals surface area contributed by atoms with Gasteiger partial charge >= 0.3 is 0 Å². The molecule has 0 atom stereocenters. The number of ether oxygens (including phenoxy) is 1. The minimum atomic E-state index is -0.284. The summed E-state index contributed by atoms with van der Waals surface area (Å²) in [5, 5.41) is 14.7. The second kappa shape index (κ2) is 10.0. The van der Waals surface area contributed by atoms with E-state index in [1.54, 1.807) is 4.57 Å². The van der Waals surface area contributed by atoms with Crippen molar-refractivity contribution in [3.63, 3.8) is 0 Å². The molecule has 29 heavy (non-hydrogen) atoms. The number of aromatic hydroxyl groups is 1. The maximum absolute atomic E-state index is 12.9. The zero-order valence-electron chi connectivity index (χ0n) is 17.3. The summed E-state index contributed by atoms with van der Waals surface area (Å²) < 4.78 is 7.36. The van der Waals surface area contributed by atoms with E-state index in [0.29, 0.717) is 30.6 Å². The van der Waals surface area contributed by atoms with E-state index in [2.05, 4.69) is 24.4 Å². The van der Waals surface area contributed by atoms with Gasteiger partial charge in [-0.3, -0.25) is 4.79 Å². The molecule has 0 spiro atoms. The monoisotopic (exact) mass is 394 g/mol. The van der Waals surface area contributed by atoms with E-state index in [1.807, 2.05) is 43.3 Å². The Labute approximate surface area is 172 Å². The first-order valence-electron chi connectivity index (χ1n) is 10.5. The van der Waals surface area contributed by atoms with E-state index >= 15 is 0 Å². The number of rotatable bonds is 10. The fraction of sp³-hybridized carbons (Fsp3) is 0.375. The average molecular weight is 395 g/mol. The van der Waals surface area contributed by atoms with E-state index in [1.165, 1.54) is 5.56 Å². The van der Waals surface area contributed by atoms with Gasteiger partial charge in [0, 0.05) is 24.2 Å². The molecule has 5 heteroatoms. The van der Waals surface area contributed by atoms with E-state index in [9.17, 15) is 9.90 Å². The number of pyridine rings is 1. The maximum atomic E-state index is 12.9. The molecular formula is C24H30N2O3. The highest BCUT2D eigenvalue weighted by atomic mass is 16.5. The molecule has 2 aromatic carbocycles. The van der Waals surface area contributed by atoms with Crippen LogP contribution in [-0.4, -0.2) is 16.3 Å². The van der Waals surface area contributed by atoms with Crippen molar-refractivity contribution in [1.82, 2.24) is 4.57 Å². The summed E-state index contributed by atoms with van der Waals surface area (Å²) >= 11 is 0. The van der Waals surface area contributed by atoms with E-state index in [-0.39, 0.29) is 17.1 Å². The second-order valence-corrected chi connectivity index (χ2v) is 7.21. The minimum absolute atomic E-state index is 0.0563. The topological polar surface area (TPSA) is 63.5 Å². The van der Waals surface area contributed by atoms with Gasteiger partial charge in [-0.2, -0.15) is 0 Å². The molecule has 0 bridgehead atoms. The Morgan fingerprint density at radius 1 is 1.03 bits per heavy atom. The maximum Gasteiger partial charge on any atom is 0.297 e. The fourth-order valence-electron chi connectivity index (χ4n) is 3.47. The summed E-state index contributed by atoms with van der Waals surface area (Å²) in [4.78, 5) is 12.9. The third kappa shape index (κ3) is 4.91. The zero-order chi connectivity index (χ0) is 20.6. The van der Waals surface area contributed by atoms with Crippen LogP contribution in [0.25, 0.3) is 10.9 Å². The number of hydrogen-bond donors (Lipinski definition) is 2. The molecule has 3 rings (SSSR count). The lowest BCUT2D eigenvalue weighted by Gasteiger charge is -2.16. The quantitative estimate of drug-likeness (QED) is 0.458. The van der Waals surface area contributed by atoms with Gasteiger partial charge in [0.2, 0.25) is 5.75 Å². The molecule has 0 aliphatic carbocycles. The number of nitrogens with zero attached hydrogens (tertiary/aromatic N) is 1. The Morgan fingerprint density at radius 2 is 1.83 bits per heavy atom. The first-order valence-corrected chi connectivity index (χ1v) is 10.5. The Morgan fingerprint density at radius 3 is 2.55 bits per heavy atom. The first kappa shape index (κ1) is 20.8. The third-order valence-corrected chi connectivity index (χ3v) is 5.10. The molecule has 0 saturated heterocycles. The molecule has 0 saturated carbocycles. The van der Waals surface area contributed by atoms with Crippen LogP contribution in [0, 0.1) is 0 Å². The van der Waals surface area contributed by atoms with Crippen molar-refractivity contribution in [2.24, 2.45) is 0 Å². The predicted octanol–water partition coefficient (Wildman–Crippen LogP) is 5.30. The van der Waals surface area contributed by atoms with Crippen LogP contribution in [0.2, 0.25) is 0 Å². The smallest absolute Gasteiger partial charge is 0.297 e. The Balaban J connectivity index is 1.86. The molecule has 0 radical (unpaired) electrons. The molecule has 0 aliphatic heterocycles. The molecule has 1 heterocycles. The largest absolute Gasteiger partial charge is 0.504 e. The molecule has 1 aromatic heterocycles. The van der Waals surface area contributed by atoms with Gasteiger partial charge in [0.15, 0.2) is 5.75 Å². The number of nitrogens with one attached hydrogen (secondary N) is 1. The molecular weight excluding hydrogens is 364 g/mol. The van der Waals surface area contributed by atoms with Crippen LogP contribution < -0.4 is 15.6 Å². The highest BCUT2D eigenvalue weighted by Gasteiger charge is 2.17. The van der Waals surface area contributed by atoms with Crippen LogP contribution in [0.1, 0.15) is 45.1 Å². The standard InChI is InChI=1S/C24H30N2O3/c1-3-5-6-10-15-29-23-22(27)20-14-13-19(16-21(20)26(4-2)24(23)28)25-17-18-11-8-7-9-12-18/h7-9,11-14,16,25,27H,3-6,10,15,17H2,1-2H3. The summed E-state index contributed by atoms with van der Waals surface area (Å²) in [6.07, 6.45) is 4.22. The molecule has 154 valence electrons. The molecule has 3 aromatic rings. The number of hydrogen-bond acceptors (Lipinski definition) is 4. The SMILES string of the molecule is CCCCCCOc1c(O)c2ccc(NCc3ccccc3)cc2n(CC)c1=O. The number of anilines is 1. The van der Waals surface area contributed by atoms with Gasteiger partial charge < -0.3 is 19.7 Å². The van der Waals surface area contributed by atoms with E-state index < -0.39 is 0 Å². The van der Waals surface area contributed by atoms with Gasteiger partial charge in [-0.1, -0.05) is 56.5 Å². The lowest BCUT2D eigenvalue weighted by molar-refractivity contribution is 0.284. The van der Waals surface area contributed by atoms with Gasteiger partial charge in [0.25, 0.3) is 5.56 Å². The van der Waals surface area contributed by atoms with Crippen LogP contribution >= 0.6 is 0 Å². The second-order valence-electron chi connectivity index (χ2n) is 7.21. The first-order chi connectivity index (χ1) is 14.2. The summed E-state index contributed by atoms with van der Waals surface area (Å²) in [5.41, 5.74) is 2.49. The van der Waals surface area contributed by atoms with Crippen molar-refractivity contribution >= 4 is 16.6 Å². The van der Waals surface area contributed by atoms with Gasteiger partial charge in [-0.25, -0.2) is 0 Å². The van der Waals surface area contributed by atoms with Crippen LogP contribution in [0.15, 0.2) is 53.3 Å². The molecule has 0 fully saturated rings. The van der Waals surface area contributed by atoms with Crippen molar-refractivity contribution < 1.29 is 9.84 Å². The van der Waals surface area contributed by atoms with Gasteiger partial charge in [-0.15, -0.1) is 0 Å². The number of unbranched alkanes of at least 4 members (excludes halogenated alkanes) is 3. The van der Waals surface area contributed by atoms with Crippen molar-refractivity contribution in [3.05, 3.63) is 64.4 Å². The van der Waals surface area contributed by atoms with E-state index in [0.717, 1.165) is 31.4 Å². The van der Waals surface area contributed by atoms with Crippen LogP contribution in [0.5, 0.6) is 11.5 Å². The normalized spacial score (nSPS) is 11.0. The Bertz CT molecular complexity index is 996. The number of fused-ring (bicyclic) bond motifs is 1. The van der Waals surface area contributed by atoms with E-state index in [4.69, 9.17) is 4.74 Å². The molecule has 0 aliphatic rings. The van der Waals surface area contributed by atoms with Crippen molar-refractivity contribution in [2.45, 2.75) is 52.6 Å². The van der Waals surface area contributed by atoms with Crippen molar-refractivity contribution in [3.8, 4) is 11.5 Å². The molecule has 0 amide bonds. The highest BCUT2D eigenvalue weighted by molar-refractivity contribution is 5.90. The molecule has 5 nitrogen and oxygen atoms in total. The zero-order valence-corrected chi connectivity index (χ0v) is 17.3. The summed E-state index contributed by atoms with van der Waals surface area (Å²) in [7, 11) is 0. The van der Waals surface area contributed by atoms with Crippen molar-refractivity contribution in [1.29, 1.82) is 0 Å². The van der Waals surface area contributed by atoms with Crippen molar-refractivity contribution in [2.75, 3.05) is 11.9 Å². The number of benzene rings is 2.